The highest BCUT2D eigenvalue weighted by atomic mass is 16.5. The molecule has 0 radical (unpaired) electrons. The maximum Gasteiger partial charge on any atom is 0.259 e. The topological polar surface area (TPSA) is 58.6 Å². The van der Waals surface area contributed by atoms with E-state index in [1.807, 2.05) is 74.5 Å². The summed E-state index contributed by atoms with van der Waals surface area (Å²) in [5.41, 5.74) is 2.49. The number of benzene rings is 3. The number of hydrogen-bond donors (Lipinski definition) is 1. The number of para-hydroxylation sites is 1. The second-order valence-corrected chi connectivity index (χ2v) is 7.12. The first-order valence-corrected chi connectivity index (χ1v) is 9.36. The van der Waals surface area contributed by atoms with Crippen molar-refractivity contribution in [1.29, 1.82) is 0 Å². The Morgan fingerprint density at radius 2 is 1.82 bits per heavy atom. The second-order valence-electron chi connectivity index (χ2n) is 7.12. The van der Waals surface area contributed by atoms with Gasteiger partial charge in [-0.25, -0.2) is 0 Å². The van der Waals surface area contributed by atoms with Gasteiger partial charge in [-0.3, -0.25) is 14.5 Å². The molecule has 0 bridgehead atoms. The number of anilines is 1. The average molecular weight is 374 g/mol. The molecule has 4 rings (SSSR count). The summed E-state index contributed by atoms with van der Waals surface area (Å²) in [5, 5.41) is 4.84. The van der Waals surface area contributed by atoms with Crippen molar-refractivity contribution in [2.45, 2.75) is 19.9 Å². The Morgan fingerprint density at radius 3 is 2.61 bits per heavy atom. The van der Waals surface area contributed by atoms with Crippen LogP contribution in [0.15, 0.2) is 60.7 Å². The van der Waals surface area contributed by atoms with Crippen LogP contribution in [0.3, 0.4) is 0 Å². The van der Waals surface area contributed by atoms with Crippen molar-refractivity contribution >= 4 is 28.3 Å². The number of hydrogen-bond acceptors (Lipinski definition) is 3. The van der Waals surface area contributed by atoms with Gasteiger partial charge in [0.15, 0.2) is 0 Å². The fourth-order valence-corrected chi connectivity index (χ4v) is 3.57. The smallest absolute Gasteiger partial charge is 0.259 e. The molecule has 2 amide bonds. The zero-order valence-corrected chi connectivity index (χ0v) is 15.9. The third-order valence-electron chi connectivity index (χ3n) is 4.94. The lowest BCUT2D eigenvalue weighted by Gasteiger charge is -2.20. The number of nitrogens with one attached hydrogen (secondary N) is 1. The van der Waals surface area contributed by atoms with Crippen LogP contribution < -0.4 is 15.0 Å². The summed E-state index contributed by atoms with van der Waals surface area (Å²) in [6, 6.07) is 19.0. The average Bonchev–Trinajstić information content (AvgIpc) is 2.95. The molecule has 1 aliphatic rings. The molecule has 0 aliphatic carbocycles. The van der Waals surface area contributed by atoms with Gasteiger partial charge in [0.05, 0.1) is 11.7 Å². The molecule has 3 aromatic rings. The largest absolute Gasteiger partial charge is 0.491 e. The van der Waals surface area contributed by atoms with Crippen LogP contribution in [0.25, 0.3) is 10.8 Å². The van der Waals surface area contributed by atoms with Gasteiger partial charge in [0.25, 0.3) is 5.91 Å². The van der Waals surface area contributed by atoms with E-state index in [1.165, 1.54) is 0 Å². The molecule has 1 aliphatic heterocycles. The van der Waals surface area contributed by atoms with Crippen LogP contribution in [-0.2, 0) is 4.79 Å². The third-order valence-corrected chi connectivity index (χ3v) is 4.94. The summed E-state index contributed by atoms with van der Waals surface area (Å²) < 4.78 is 5.79. The van der Waals surface area contributed by atoms with Crippen LogP contribution in [0.2, 0.25) is 0 Å². The highest BCUT2D eigenvalue weighted by Crippen LogP contribution is 2.36. The molecular weight excluding hydrogens is 352 g/mol. The predicted molar refractivity (Wildman–Crippen MR) is 110 cm³/mol. The SMILES string of the molecule is Cc1ccccc1OC[C@@H](C)NC(=O)CN1C(=O)c2cccc3cccc1c23. The molecule has 0 saturated carbocycles. The lowest BCUT2D eigenvalue weighted by atomic mass is 10.1. The fourth-order valence-electron chi connectivity index (χ4n) is 3.57. The van der Waals surface area contributed by atoms with Crippen LogP contribution >= 0.6 is 0 Å². The van der Waals surface area contributed by atoms with Crippen molar-refractivity contribution < 1.29 is 14.3 Å². The summed E-state index contributed by atoms with van der Waals surface area (Å²) in [6.45, 7) is 4.22. The standard InChI is InChI=1S/C23H22N2O3/c1-15-7-3-4-12-20(15)28-14-16(2)24-21(26)13-25-19-11-6-9-17-8-5-10-18(22(17)19)23(25)27/h3-12,16H,13-14H2,1-2H3,(H,24,26)/t16-/m1/s1. The number of carbonyl (C=O) groups excluding carboxylic acids is 2. The molecular formula is C23H22N2O3. The maximum absolute atomic E-state index is 12.8. The van der Waals surface area contributed by atoms with E-state index in [0.717, 1.165) is 27.8 Å². The van der Waals surface area contributed by atoms with E-state index in [0.29, 0.717) is 12.2 Å². The molecule has 0 unspecified atom stereocenters. The first-order valence-electron chi connectivity index (χ1n) is 9.36. The normalized spacial score (nSPS) is 13.6. The summed E-state index contributed by atoms with van der Waals surface area (Å²) >= 11 is 0. The molecule has 28 heavy (non-hydrogen) atoms. The molecule has 5 heteroatoms. The Kier molecular flexibility index (Phi) is 4.74. The Labute approximate surface area is 163 Å². The molecule has 142 valence electrons. The number of carbonyl (C=O) groups is 2. The molecule has 0 fully saturated rings. The van der Waals surface area contributed by atoms with Gasteiger partial charge in [0.2, 0.25) is 5.91 Å². The van der Waals surface area contributed by atoms with E-state index < -0.39 is 0 Å². The molecule has 5 nitrogen and oxygen atoms in total. The van der Waals surface area contributed by atoms with E-state index in [9.17, 15) is 9.59 Å². The third kappa shape index (κ3) is 3.31. The molecule has 1 heterocycles. The molecule has 1 atom stereocenters. The zero-order valence-electron chi connectivity index (χ0n) is 15.9. The number of ether oxygens (including phenoxy) is 1. The first-order chi connectivity index (χ1) is 13.5. The number of amides is 2. The lowest BCUT2D eigenvalue weighted by molar-refractivity contribution is -0.120. The summed E-state index contributed by atoms with van der Waals surface area (Å²) in [4.78, 5) is 26.9. The molecule has 1 N–H and O–H groups in total. The first kappa shape index (κ1) is 18.0. The van der Waals surface area contributed by atoms with E-state index in [4.69, 9.17) is 4.74 Å². The van der Waals surface area contributed by atoms with Crippen molar-refractivity contribution in [3.63, 3.8) is 0 Å². The zero-order chi connectivity index (χ0) is 19.7. The van der Waals surface area contributed by atoms with Gasteiger partial charge >= 0.3 is 0 Å². The minimum atomic E-state index is -0.209. The lowest BCUT2D eigenvalue weighted by Crippen LogP contribution is -2.44. The molecule has 0 aromatic heterocycles. The monoisotopic (exact) mass is 374 g/mol. The van der Waals surface area contributed by atoms with Gasteiger partial charge in [-0.15, -0.1) is 0 Å². The molecule has 0 spiro atoms. The van der Waals surface area contributed by atoms with Gasteiger partial charge < -0.3 is 10.1 Å². The van der Waals surface area contributed by atoms with Gasteiger partial charge in [-0.1, -0.05) is 42.5 Å². The number of nitrogens with zero attached hydrogens (tertiary/aromatic N) is 1. The number of aryl methyl sites for hydroxylation is 1. The van der Waals surface area contributed by atoms with Crippen molar-refractivity contribution in [3.8, 4) is 5.75 Å². The van der Waals surface area contributed by atoms with Gasteiger partial charge in [-0.05, 0) is 43.0 Å². The van der Waals surface area contributed by atoms with E-state index in [1.54, 1.807) is 4.90 Å². The number of rotatable bonds is 6. The van der Waals surface area contributed by atoms with Crippen LogP contribution in [0, 0.1) is 6.92 Å². The Morgan fingerprint density at radius 1 is 1.07 bits per heavy atom. The van der Waals surface area contributed by atoms with Gasteiger partial charge in [0.1, 0.15) is 18.9 Å². The van der Waals surface area contributed by atoms with Crippen LogP contribution in [-0.4, -0.2) is 31.0 Å². The van der Waals surface area contributed by atoms with E-state index in [2.05, 4.69) is 5.32 Å². The summed E-state index contributed by atoms with van der Waals surface area (Å²) in [5.74, 6) is 0.463. The van der Waals surface area contributed by atoms with Crippen LogP contribution in [0.5, 0.6) is 5.75 Å². The maximum atomic E-state index is 12.8. The second kappa shape index (κ2) is 7.35. The minimum Gasteiger partial charge on any atom is -0.491 e. The van der Waals surface area contributed by atoms with E-state index in [-0.39, 0.29) is 24.4 Å². The molecule has 3 aromatic carbocycles. The summed E-state index contributed by atoms with van der Waals surface area (Å²) in [7, 11) is 0. The van der Waals surface area contributed by atoms with Crippen LogP contribution in [0.1, 0.15) is 22.8 Å². The fraction of sp³-hybridized carbons (Fsp3) is 0.217. The summed E-state index contributed by atoms with van der Waals surface area (Å²) in [6.07, 6.45) is 0. The Balaban J connectivity index is 1.40. The van der Waals surface area contributed by atoms with Crippen molar-refractivity contribution in [2.24, 2.45) is 0 Å². The Hall–Kier alpha value is -3.34. The Bertz CT molecular complexity index is 1060. The quantitative estimate of drug-likeness (QED) is 0.716. The van der Waals surface area contributed by atoms with E-state index >= 15 is 0 Å². The van der Waals surface area contributed by atoms with Crippen molar-refractivity contribution in [3.05, 3.63) is 71.8 Å². The predicted octanol–water partition coefficient (Wildman–Crippen LogP) is 3.69. The highest BCUT2D eigenvalue weighted by Gasteiger charge is 2.31. The molecule has 0 saturated heterocycles. The van der Waals surface area contributed by atoms with Crippen molar-refractivity contribution in [1.82, 2.24) is 5.32 Å². The highest BCUT2D eigenvalue weighted by molar-refractivity contribution is 6.26. The minimum absolute atomic E-state index is 0.0126. The van der Waals surface area contributed by atoms with Gasteiger partial charge in [0, 0.05) is 10.9 Å². The van der Waals surface area contributed by atoms with Gasteiger partial charge in [-0.2, -0.15) is 0 Å². The van der Waals surface area contributed by atoms with Crippen LogP contribution in [0.4, 0.5) is 5.69 Å². The van der Waals surface area contributed by atoms with Crippen molar-refractivity contribution in [2.75, 3.05) is 18.1 Å².